The minimum Gasteiger partial charge on any atom is -0.452 e. The van der Waals surface area contributed by atoms with E-state index in [9.17, 15) is 4.79 Å². The molecular weight excluding hydrogens is 292 g/mol. The molecule has 1 heterocycles. The van der Waals surface area contributed by atoms with E-state index in [0.29, 0.717) is 17.3 Å². The lowest BCUT2D eigenvalue weighted by Crippen LogP contribution is -2.12. The minimum atomic E-state index is -0.351. The summed E-state index contributed by atoms with van der Waals surface area (Å²) >= 11 is 0. The van der Waals surface area contributed by atoms with Gasteiger partial charge >= 0.3 is 5.97 Å². The van der Waals surface area contributed by atoms with E-state index in [1.807, 2.05) is 41.5 Å². The molecule has 0 unspecified atom stereocenters. The molecule has 0 spiro atoms. The Morgan fingerprint density at radius 2 is 1.52 bits per heavy atom. The van der Waals surface area contributed by atoms with Crippen molar-refractivity contribution in [1.29, 1.82) is 0 Å². The summed E-state index contributed by atoms with van der Waals surface area (Å²) in [5.74, 6) is 0.758. The molecule has 124 valence electrons. The minimum absolute atomic E-state index is 0.0105. The number of nitrogens with zero attached hydrogens (tertiary/aromatic N) is 2. The molecule has 1 aromatic heterocycles. The number of hydrogen-bond donors (Lipinski definition) is 0. The molecule has 5 heteroatoms. The SMILES string of the molecule is Cc1c(C)c(C)c(C(=O)OCc2nc(C(C)C)no2)c(C)c1C. The van der Waals surface area contributed by atoms with Gasteiger partial charge in [-0.25, -0.2) is 4.79 Å². The standard InChI is InChI=1S/C18H24N2O3/c1-9(2)17-19-15(23-20-17)8-22-18(21)16-13(6)11(4)10(3)12(5)14(16)7/h9H,8H2,1-7H3. The van der Waals surface area contributed by atoms with Crippen molar-refractivity contribution in [2.24, 2.45) is 0 Å². The first-order valence-corrected chi connectivity index (χ1v) is 7.80. The average molecular weight is 316 g/mol. The van der Waals surface area contributed by atoms with E-state index in [-0.39, 0.29) is 18.5 Å². The fraction of sp³-hybridized carbons (Fsp3) is 0.500. The molecule has 0 saturated carbocycles. The third kappa shape index (κ3) is 3.28. The molecule has 0 radical (unpaired) electrons. The average Bonchev–Trinajstić information content (AvgIpc) is 2.98. The second-order valence-corrected chi connectivity index (χ2v) is 6.28. The smallest absolute Gasteiger partial charge is 0.339 e. The van der Waals surface area contributed by atoms with Crippen molar-refractivity contribution in [3.05, 3.63) is 45.1 Å². The van der Waals surface area contributed by atoms with Crippen LogP contribution in [0.2, 0.25) is 0 Å². The first-order valence-electron chi connectivity index (χ1n) is 7.80. The number of rotatable bonds is 4. The second-order valence-electron chi connectivity index (χ2n) is 6.28. The number of carbonyl (C=O) groups excluding carboxylic acids is 1. The van der Waals surface area contributed by atoms with Crippen LogP contribution in [0.3, 0.4) is 0 Å². The van der Waals surface area contributed by atoms with Crippen molar-refractivity contribution in [2.75, 3.05) is 0 Å². The van der Waals surface area contributed by atoms with Gasteiger partial charge in [-0.3, -0.25) is 0 Å². The third-order valence-corrected chi connectivity index (χ3v) is 4.53. The van der Waals surface area contributed by atoms with Gasteiger partial charge in [0, 0.05) is 5.92 Å². The predicted octanol–water partition coefficient (Wildman–Crippen LogP) is 4.09. The summed E-state index contributed by atoms with van der Waals surface area (Å²) in [6, 6.07) is 0. The summed E-state index contributed by atoms with van der Waals surface area (Å²) in [6.45, 7) is 14.0. The Kier molecular flexibility index (Phi) is 4.88. The molecule has 1 aromatic carbocycles. The van der Waals surface area contributed by atoms with Gasteiger partial charge in [-0.05, 0) is 62.4 Å². The zero-order valence-corrected chi connectivity index (χ0v) is 14.9. The van der Waals surface area contributed by atoms with Crippen LogP contribution in [0.4, 0.5) is 0 Å². The van der Waals surface area contributed by atoms with Gasteiger partial charge in [0.15, 0.2) is 12.4 Å². The molecule has 2 rings (SSSR count). The van der Waals surface area contributed by atoms with Gasteiger partial charge < -0.3 is 9.26 Å². The molecule has 0 amide bonds. The molecule has 0 N–H and O–H groups in total. The lowest BCUT2D eigenvalue weighted by molar-refractivity contribution is 0.0428. The number of ether oxygens (including phenoxy) is 1. The van der Waals surface area contributed by atoms with Crippen LogP contribution in [-0.2, 0) is 11.3 Å². The number of benzene rings is 1. The van der Waals surface area contributed by atoms with E-state index in [0.717, 1.165) is 22.3 Å². The predicted molar refractivity (Wildman–Crippen MR) is 87.6 cm³/mol. The number of carbonyl (C=O) groups is 1. The second kappa shape index (κ2) is 6.52. The van der Waals surface area contributed by atoms with E-state index >= 15 is 0 Å². The Morgan fingerprint density at radius 1 is 1.00 bits per heavy atom. The first-order chi connectivity index (χ1) is 10.7. The number of hydrogen-bond acceptors (Lipinski definition) is 5. The highest BCUT2D eigenvalue weighted by Crippen LogP contribution is 2.26. The molecular formula is C18H24N2O3. The molecule has 0 aliphatic rings. The zero-order chi connectivity index (χ0) is 17.3. The van der Waals surface area contributed by atoms with Crippen molar-refractivity contribution in [3.63, 3.8) is 0 Å². The van der Waals surface area contributed by atoms with E-state index in [1.54, 1.807) is 0 Å². The van der Waals surface area contributed by atoms with Crippen LogP contribution in [-0.4, -0.2) is 16.1 Å². The van der Waals surface area contributed by atoms with Gasteiger partial charge in [-0.1, -0.05) is 19.0 Å². The van der Waals surface area contributed by atoms with Gasteiger partial charge in [0.1, 0.15) is 0 Å². The molecule has 0 atom stereocenters. The van der Waals surface area contributed by atoms with Crippen molar-refractivity contribution in [3.8, 4) is 0 Å². The van der Waals surface area contributed by atoms with Crippen LogP contribution in [0.15, 0.2) is 4.52 Å². The van der Waals surface area contributed by atoms with Gasteiger partial charge in [0.05, 0.1) is 5.56 Å². The molecule has 23 heavy (non-hydrogen) atoms. The van der Waals surface area contributed by atoms with Crippen molar-refractivity contribution in [2.45, 2.75) is 61.0 Å². The van der Waals surface area contributed by atoms with Crippen LogP contribution in [0, 0.1) is 34.6 Å². The van der Waals surface area contributed by atoms with Crippen LogP contribution < -0.4 is 0 Å². The quantitative estimate of drug-likeness (QED) is 0.795. The third-order valence-electron chi connectivity index (χ3n) is 4.53. The van der Waals surface area contributed by atoms with Gasteiger partial charge in [0.25, 0.3) is 5.89 Å². The zero-order valence-electron chi connectivity index (χ0n) is 14.9. The van der Waals surface area contributed by atoms with Crippen LogP contribution >= 0.6 is 0 Å². The molecule has 0 saturated heterocycles. The van der Waals surface area contributed by atoms with Crippen LogP contribution in [0.1, 0.15) is 69.7 Å². The largest absolute Gasteiger partial charge is 0.452 e. The number of esters is 1. The summed E-state index contributed by atoms with van der Waals surface area (Å²) in [7, 11) is 0. The summed E-state index contributed by atoms with van der Waals surface area (Å²) < 4.78 is 10.5. The molecule has 0 aliphatic heterocycles. The van der Waals surface area contributed by atoms with Crippen molar-refractivity contribution < 1.29 is 14.1 Å². The molecule has 0 fully saturated rings. The Balaban J connectivity index is 2.21. The maximum absolute atomic E-state index is 12.5. The first kappa shape index (κ1) is 17.2. The Hall–Kier alpha value is -2.17. The molecule has 5 nitrogen and oxygen atoms in total. The van der Waals surface area contributed by atoms with Crippen LogP contribution in [0.25, 0.3) is 0 Å². The fourth-order valence-electron chi connectivity index (χ4n) is 2.57. The summed E-state index contributed by atoms with van der Waals surface area (Å²) in [5.41, 5.74) is 6.03. The topological polar surface area (TPSA) is 65.2 Å². The summed E-state index contributed by atoms with van der Waals surface area (Å²) in [4.78, 5) is 16.7. The highest BCUT2D eigenvalue weighted by atomic mass is 16.6. The van der Waals surface area contributed by atoms with Gasteiger partial charge in [-0.2, -0.15) is 4.98 Å². The lowest BCUT2D eigenvalue weighted by atomic mass is 9.90. The Morgan fingerprint density at radius 3 is 2.00 bits per heavy atom. The summed E-state index contributed by atoms with van der Waals surface area (Å²) in [5, 5.41) is 3.86. The fourth-order valence-corrected chi connectivity index (χ4v) is 2.57. The Labute approximate surface area is 137 Å². The monoisotopic (exact) mass is 316 g/mol. The van der Waals surface area contributed by atoms with E-state index in [1.165, 1.54) is 5.56 Å². The molecule has 2 aromatic rings. The summed E-state index contributed by atoms with van der Waals surface area (Å²) in [6.07, 6.45) is 0. The van der Waals surface area contributed by atoms with E-state index in [2.05, 4.69) is 17.1 Å². The van der Waals surface area contributed by atoms with Gasteiger partial charge in [-0.15, -0.1) is 0 Å². The molecule has 0 aliphatic carbocycles. The van der Waals surface area contributed by atoms with Crippen molar-refractivity contribution in [1.82, 2.24) is 10.1 Å². The highest BCUT2D eigenvalue weighted by molar-refractivity contribution is 5.93. The highest BCUT2D eigenvalue weighted by Gasteiger charge is 2.20. The van der Waals surface area contributed by atoms with E-state index < -0.39 is 0 Å². The maximum Gasteiger partial charge on any atom is 0.339 e. The van der Waals surface area contributed by atoms with Crippen molar-refractivity contribution >= 4 is 5.97 Å². The van der Waals surface area contributed by atoms with E-state index in [4.69, 9.17) is 9.26 Å². The molecule has 0 bridgehead atoms. The van der Waals surface area contributed by atoms with Gasteiger partial charge in [0.2, 0.25) is 0 Å². The lowest BCUT2D eigenvalue weighted by Gasteiger charge is -2.17. The maximum atomic E-state index is 12.5. The van der Waals surface area contributed by atoms with Crippen LogP contribution in [0.5, 0.6) is 0 Å². The normalized spacial score (nSPS) is 11.1. The Bertz CT molecular complexity index is 716. The number of aromatic nitrogens is 2.